The minimum absolute atomic E-state index is 0.0222. The van der Waals surface area contributed by atoms with Crippen molar-refractivity contribution in [2.45, 2.75) is 39.3 Å². The number of esters is 1. The summed E-state index contributed by atoms with van der Waals surface area (Å²) in [5, 5.41) is 2.79. The molecule has 144 valence electrons. The van der Waals surface area contributed by atoms with Crippen LogP contribution in [0.3, 0.4) is 0 Å². The fourth-order valence-electron chi connectivity index (χ4n) is 2.58. The van der Waals surface area contributed by atoms with Gasteiger partial charge < -0.3 is 14.8 Å². The highest BCUT2D eigenvalue weighted by Crippen LogP contribution is 2.21. The quantitative estimate of drug-likeness (QED) is 0.746. The predicted octanol–water partition coefficient (Wildman–Crippen LogP) is 3.96. The monoisotopic (exact) mass is 373 g/mol. The van der Waals surface area contributed by atoms with Gasteiger partial charge in [-0.25, -0.2) is 4.39 Å². The lowest BCUT2D eigenvalue weighted by Gasteiger charge is -2.20. The standard InChI is InChI=1S/C21H24FNO4/c1-13(2)27-20(24)12-18(15-7-5-14(3)6-8-15)23-21(25)16-9-10-19(26-4)17(22)11-16/h5-11,13,18H,12H2,1-4H3,(H,23,25)/t18-/m1/s1. The number of amides is 1. The Morgan fingerprint density at radius 1 is 1.11 bits per heavy atom. The van der Waals surface area contributed by atoms with Gasteiger partial charge in [-0.1, -0.05) is 29.8 Å². The van der Waals surface area contributed by atoms with Crippen LogP contribution in [0.15, 0.2) is 42.5 Å². The van der Waals surface area contributed by atoms with Crippen molar-refractivity contribution in [1.29, 1.82) is 0 Å². The van der Waals surface area contributed by atoms with Crippen molar-refractivity contribution in [3.05, 3.63) is 65.0 Å². The maximum absolute atomic E-state index is 13.9. The van der Waals surface area contributed by atoms with Crippen molar-refractivity contribution in [3.63, 3.8) is 0 Å². The van der Waals surface area contributed by atoms with E-state index in [2.05, 4.69) is 5.32 Å². The minimum Gasteiger partial charge on any atom is -0.494 e. The number of aryl methyl sites for hydroxylation is 1. The lowest BCUT2D eigenvalue weighted by Crippen LogP contribution is -2.31. The van der Waals surface area contributed by atoms with Crippen LogP contribution in [-0.2, 0) is 9.53 Å². The van der Waals surface area contributed by atoms with Crippen LogP contribution in [0.5, 0.6) is 5.75 Å². The highest BCUT2D eigenvalue weighted by Gasteiger charge is 2.21. The zero-order valence-electron chi connectivity index (χ0n) is 15.9. The SMILES string of the molecule is COc1ccc(C(=O)N[C@H](CC(=O)OC(C)C)c2ccc(C)cc2)cc1F. The molecule has 2 rings (SSSR count). The highest BCUT2D eigenvalue weighted by atomic mass is 19.1. The number of rotatable bonds is 7. The van der Waals surface area contributed by atoms with E-state index in [1.54, 1.807) is 13.8 Å². The van der Waals surface area contributed by atoms with Crippen LogP contribution in [-0.4, -0.2) is 25.1 Å². The van der Waals surface area contributed by atoms with Crippen LogP contribution >= 0.6 is 0 Å². The first kappa shape index (κ1) is 20.4. The van der Waals surface area contributed by atoms with E-state index in [0.29, 0.717) is 0 Å². The summed E-state index contributed by atoms with van der Waals surface area (Å²) in [6.45, 7) is 5.47. The topological polar surface area (TPSA) is 64.6 Å². The molecule has 0 saturated heterocycles. The third-order valence-electron chi connectivity index (χ3n) is 3.94. The number of halogens is 1. The molecule has 0 bridgehead atoms. The Kier molecular flexibility index (Phi) is 6.93. The lowest BCUT2D eigenvalue weighted by atomic mass is 10.0. The maximum Gasteiger partial charge on any atom is 0.308 e. The van der Waals surface area contributed by atoms with Crippen molar-refractivity contribution in [1.82, 2.24) is 5.32 Å². The molecule has 1 atom stereocenters. The van der Waals surface area contributed by atoms with E-state index in [1.807, 2.05) is 31.2 Å². The second-order valence-electron chi connectivity index (χ2n) is 6.53. The number of benzene rings is 2. The number of methoxy groups -OCH3 is 1. The van der Waals surface area contributed by atoms with E-state index in [4.69, 9.17) is 9.47 Å². The normalized spacial score (nSPS) is 11.8. The molecular weight excluding hydrogens is 349 g/mol. The fraction of sp³-hybridized carbons (Fsp3) is 0.333. The van der Waals surface area contributed by atoms with Gasteiger partial charge in [0.25, 0.3) is 5.91 Å². The van der Waals surface area contributed by atoms with Crippen LogP contribution in [0.1, 0.15) is 47.8 Å². The molecule has 0 aromatic heterocycles. The zero-order valence-corrected chi connectivity index (χ0v) is 15.9. The van der Waals surface area contributed by atoms with Crippen LogP contribution in [0.4, 0.5) is 4.39 Å². The molecule has 0 aliphatic heterocycles. The van der Waals surface area contributed by atoms with Gasteiger partial charge in [0.2, 0.25) is 0 Å². The van der Waals surface area contributed by atoms with Gasteiger partial charge in [0, 0.05) is 5.56 Å². The molecule has 0 spiro atoms. The Morgan fingerprint density at radius 3 is 2.33 bits per heavy atom. The summed E-state index contributed by atoms with van der Waals surface area (Å²) in [6.07, 6.45) is -0.270. The average Bonchev–Trinajstić information content (AvgIpc) is 2.61. The largest absolute Gasteiger partial charge is 0.494 e. The molecule has 1 amide bonds. The third kappa shape index (κ3) is 5.81. The van der Waals surface area contributed by atoms with Gasteiger partial charge in [-0.15, -0.1) is 0 Å². The Bertz CT molecular complexity index is 802. The van der Waals surface area contributed by atoms with Crippen molar-refractivity contribution < 1.29 is 23.5 Å². The molecule has 0 aliphatic carbocycles. The maximum atomic E-state index is 13.9. The number of carbonyl (C=O) groups is 2. The molecule has 0 heterocycles. The summed E-state index contributed by atoms with van der Waals surface area (Å²) in [5.74, 6) is -1.48. The average molecular weight is 373 g/mol. The van der Waals surface area contributed by atoms with Crippen LogP contribution in [0.25, 0.3) is 0 Å². The van der Waals surface area contributed by atoms with Gasteiger partial charge in [0.15, 0.2) is 11.6 Å². The molecule has 0 unspecified atom stereocenters. The Balaban J connectivity index is 2.22. The number of hydrogen-bond acceptors (Lipinski definition) is 4. The van der Waals surface area contributed by atoms with Gasteiger partial charge in [-0.2, -0.15) is 0 Å². The van der Waals surface area contributed by atoms with E-state index in [1.165, 1.54) is 19.2 Å². The molecule has 27 heavy (non-hydrogen) atoms. The van der Waals surface area contributed by atoms with E-state index >= 15 is 0 Å². The van der Waals surface area contributed by atoms with Gasteiger partial charge in [-0.05, 0) is 44.5 Å². The van der Waals surface area contributed by atoms with Crippen LogP contribution in [0, 0.1) is 12.7 Å². The Labute approximate surface area is 158 Å². The summed E-state index contributed by atoms with van der Waals surface area (Å²) in [6, 6.07) is 10.9. The van der Waals surface area contributed by atoms with Crippen molar-refractivity contribution in [3.8, 4) is 5.75 Å². The number of hydrogen-bond donors (Lipinski definition) is 1. The Hall–Kier alpha value is -2.89. The molecular formula is C21H24FNO4. The first-order valence-corrected chi connectivity index (χ1v) is 8.70. The second-order valence-corrected chi connectivity index (χ2v) is 6.53. The summed E-state index contributed by atoms with van der Waals surface area (Å²) in [4.78, 5) is 24.7. The molecule has 0 saturated carbocycles. The van der Waals surface area contributed by atoms with Crippen molar-refractivity contribution >= 4 is 11.9 Å². The molecule has 0 radical (unpaired) electrons. The highest BCUT2D eigenvalue weighted by molar-refractivity contribution is 5.94. The summed E-state index contributed by atoms with van der Waals surface area (Å²) in [7, 11) is 1.35. The summed E-state index contributed by atoms with van der Waals surface area (Å²) >= 11 is 0. The second kappa shape index (κ2) is 9.16. The molecule has 2 aromatic carbocycles. The predicted molar refractivity (Wildman–Crippen MR) is 100 cm³/mol. The fourth-order valence-corrected chi connectivity index (χ4v) is 2.58. The van der Waals surface area contributed by atoms with E-state index < -0.39 is 23.7 Å². The molecule has 6 heteroatoms. The molecule has 5 nitrogen and oxygen atoms in total. The van der Waals surface area contributed by atoms with Gasteiger partial charge in [-0.3, -0.25) is 9.59 Å². The third-order valence-corrected chi connectivity index (χ3v) is 3.94. The van der Waals surface area contributed by atoms with Crippen molar-refractivity contribution in [2.75, 3.05) is 7.11 Å². The zero-order chi connectivity index (χ0) is 20.0. The van der Waals surface area contributed by atoms with Crippen LogP contribution < -0.4 is 10.1 Å². The summed E-state index contributed by atoms with van der Waals surface area (Å²) in [5.41, 5.74) is 1.97. The van der Waals surface area contributed by atoms with E-state index in [0.717, 1.165) is 17.2 Å². The van der Waals surface area contributed by atoms with Gasteiger partial charge in [0.05, 0.1) is 25.7 Å². The molecule has 0 aliphatic rings. The number of nitrogens with one attached hydrogen (secondary N) is 1. The number of ether oxygens (including phenoxy) is 2. The van der Waals surface area contributed by atoms with E-state index in [9.17, 15) is 14.0 Å². The summed E-state index contributed by atoms with van der Waals surface area (Å²) < 4.78 is 23.9. The first-order valence-electron chi connectivity index (χ1n) is 8.70. The lowest BCUT2D eigenvalue weighted by molar-refractivity contribution is -0.147. The Morgan fingerprint density at radius 2 is 1.78 bits per heavy atom. The minimum atomic E-state index is -0.628. The molecule has 1 N–H and O–H groups in total. The van der Waals surface area contributed by atoms with Crippen molar-refractivity contribution in [2.24, 2.45) is 0 Å². The van der Waals surface area contributed by atoms with Crippen LogP contribution in [0.2, 0.25) is 0 Å². The molecule has 2 aromatic rings. The van der Waals surface area contributed by atoms with Gasteiger partial charge in [0.1, 0.15) is 0 Å². The van der Waals surface area contributed by atoms with E-state index in [-0.39, 0.29) is 23.8 Å². The molecule has 0 fully saturated rings. The van der Waals surface area contributed by atoms with Gasteiger partial charge >= 0.3 is 5.97 Å². The number of carbonyl (C=O) groups excluding carboxylic acids is 2. The smallest absolute Gasteiger partial charge is 0.308 e. The first-order chi connectivity index (χ1) is 12.8.